The first kappa shape index (κ1) is 7.35. The second-order valence-electron chi connectivity index (χ2n) is 1.81. The van der Waals surface area contributed by atoms with Gasteiger partial charge in [0.15, 0.2) is 0 Å². The molecule has 0 heterocycles. The predicted molar refractivity (Wildman–Crippen MR) is 36.6 cm³/mol. The van der Waals surface area contributed by atoms with E-state index in [4.69, 9.17) is 9.47 Å². The Morgan fingerprint density at radius 2 is 1.43 bits per heavy atom. The fourth-order valence-corrected chi connectivity index (χ4v) is 0.0833. The summed E-state index contributed by atoms with van der Waals surface area (Å²) in [6.45, 7) is 0. The molecule has 44 valence electrons. The first-order chi connectivity index (χ1) is 3.12. The van der Waals surface area contributed by atoms with E-state index in [0.717, 1.165) is 20.5 Å². The number of methoxy groups -OCH3 is 2. The molecule has 0 bridgehead atoms. The maximum atomic E-state index is 4.99. The number of rotatable bonds is 2. The average molecular weight is 136 g/mol. The summed E-state index contributed by atoms with van der Waals surface area (Å²) in [4.78, 5) is 0. The van der Waals surface area contributed by atoms with E-state index in [-0.39, 0.29) is 5.03 Å². The third-order valence-electron chi connectivity index (χ3n) is 0.983. The lowest BCUT2D eigenvalue weighted by molar-refractivity contribution is -0.0779. The maximum absolute atomic E-state index is 4.99. The normalized spacial score (nSPS) is 12.9. The highest BCUT2D eigenvalue weighted by Crippen LogP contribution is 1.95. The standard InChI is InChI=1S/C3H12O2Si2/c1-4-3(6,7)5-2/h1-2,6-7H3. The molecule has 0 unspecified atom stereocenters. The summed E-state index contributed by atoms with van der Waals surface area (Å²) < 4.78 is 9.98. The van der Waals surface area contributed by atoms with Crippen LogP contribution < -0.4 is 0 Å². The topological polar surface area (TPSA) is 18.5 Å². The van der Waals surface area contributed by atoms with Crippen molar-refractivity contribution >= 4 is 20.5 Å². The zero-order chi connectivity index (χ0) is 5.91. The Balaban J connectivity index is 3.36. The molecule has 0 aliphatic rings. The van der Waals surface area contributed by atoms with Gasteiger partial charge in [0.2, 0.25) is 0 Å². The van der Waals surface area contributed by atoms with E-state index in [1.165, 1.54) is 0 Å². The van der Waals surface area contributed by atoms with Gasteiger partial charge in [0.25, 0.3) is 0 Å². The Labute approximate surface area is 50.0 Å². The summed E-state index contributed by atoms with van der Waals surface area (Å²) >= 11 is 0. The molecular weight excluding hydrogens is 124 g/mol. The van der Waals surface area contributed by atoms with E-state index in [0.29, 0.717) is 0 Å². The van der Waals surface area contributed by atoms with Crippen LogP contribution >= 0.6 is 0 Å². The monoisotopic (exact) mass is 136 g/mol. The molecule has 0 saturated heterocycles. The molecule has 0 aromatic heterocycles. The molecule has 4 heteroatoms. The van der Waals surface area contributed by atoms with Gasteiger partial charge in [-0.15, -0.1) is 0 Å². The van der Waals surface area contributed by atoms with Crippen LogP contribution in [0.4, 0.5) is 0 Å². The summed E-state index contributed by atoms with van der Waals surface area (Å²) in [5.41, 5.74) is 0. The third-order valence-corrected chi connectivity index (χ3v) is 2.62. The summed E-state index contributed by atoms with van der Waals surface area (Å²) in [6, 6.07) is 0. The molecule has 0 aromatic carbocycles. The predicted octanol–water partition coefficient (Wildman–Crippen LogP) is -2.38. The van der Waals surface area contributed by atoms with Gasteiger partial charge in [-0.3, -0.25) is 0 Å². The van der Waals surface area contributed by atoms with Gasteiger partial charge in [0.1, 0.15) is 5.03 Å². The lowest BCUT2D eigenvalue weighted by Crippen LogP contribution is -2.34. The molecule has 0 atom stereocenters. The minimum Gasteiger partial charge on any atom is -0.363 e. The molecule has 0 spiro atoms. The van der Waals surface area contributed by atoms with E-state index < -0.39 is 0 Å². The highest BCUT2D eigenvalue weighted by atomic mass is 28.2. The van der Waals surface area contributed by atoms with Crippen molar-refractivity contribution in [1.29, 1.82) is 0 Å². The lowest BCUT2D eigenvalue weighted by Gasteiger charge is -2.20. The van der Waals surface area contributed by atoms with Crippen LogP contribution in [0.15, 0.2) is 0 Å². The summed E-state index contributed by atoms with van der Waals surface area (Å²) in [7, 11) is 5.30. The second-order valence-corrected chi connectivity index (χ2v) is 7.44. The van der Waals surface area contributed by atoms with Gasteiger partial charge >= 0.3 is 0 Å². The number of hydrogen-bond acceptors (Lipinski definition) is 2. The Morgan fingerprint density at radius 3 is 1.43 bits per heavy atom. The summed E-state index contributed by atoms with van der Waals surface area (Å²) in [5.74, 6) is 0. The highest BCUT2D eigenvalue weighted by molar-refractivity contribution is 6.37. The van der Waals surface area contributed by atoms with E-state index in [1.807, 2.05) is 0 Å². The molecule has 0 aliphatic carbocycles. The van der Waals surface area contributed by atoms with Crippen LogP contribution in [0.25, 0.3) is 0 Å². The van der Waals surface area contributed by atoms with Crippen molar-refractivity contribution in [2.24, 2.45) is 0 Å². The van der Waals surface area contributed by atoms with E-state index >= 15 is 0 Å². The highest BCUT2D eigenvalue weighted by Gasteiger charge is 2.11. The van der Waals surface area contributed by atoms with Gasteiger partial charge in [-0.25, -0.2) is 0 Å². The van der Waals surface area contributed by atoms with Crippen molar-refractivity contribution in [2.45, 2.75) is 5.03 Å². The average Bonchev–Trinajstić information content (AvgIpc) is 1.68. The Hall–Kier alpha value is 0.354. The zero-order valence-corrected chi connectivity index (χ0v) is 9.32. The first-order valence-corrected chi connectivity index (χ1v) is 4.22. The van der Waals surface area contributed by atoms with Crippen molar-refractivity contribution in [1.82, 2.24) is 0 Å². The van der Waals surface area contributed by atoms with Crippen molar-refractivity contribution < 1.29 is 9.47 Å². The smallest absolute Gasteiger partial charge is 0.116 e. The van der Waals surface area contributed by atoms with Crippen molar-refractivity contribution in [3.63, 3.8) is 0 Å². The zero-order valence-electron chi connectivity index (χ0n) is 5.32. The molecule has 0 N–H and O–H groups in total. The SMILES string of the molecule is COC([SiH3])([SiH3])OC. The largest absolute Gasteiger partial charge is 0.363 e. The Bertz CT molecular complexity index is 48.9. The van der Waals surface area contributed by atoms with Crippen LogP contribution in [0.1, 0.15) is 0 Å². The first-order valence-electron chi connectivity index (χ1n) is 2.22. The van der Waals surface area contributed by atoms with E-state index in [1.54, 1.807) is 14.2 Å². The number of ether oxygens (including phenoxy) is 2. The molecule has 0 radical (unpaired) electrons. The van der Waals surface area contributed by atoms with E-state index in [2.05, 4.69) is 0 Å². The van der Waals surface area contributed by atoms with Crippen LogP contribution in [0.5, 0.6) is 0 Å². The van der Waals surface area contributed by atoms with Gasteiger partial charge in [-0.2, -0.15) is 0 Å². The molecule has 2 nitrogen and oxygen atoms in total. The van der Waals surface area contributed by atoms with Crippen molar-refractivity contribution in [3.05, 3.63) is 0 Å². The summed E-state index contributed by atoms with van der Waals surface area (Å²) in [6.07, 6.45) is 0. The minimum atomic E-state index is -0.139. The molecule has 0 rings (SSSR count). The van der Waals surface area contributed by atoms with Gasteiger partial charge in [-0.1, -0.05) is 0 Å². The molecule has 7 heavy (non-hydrogen) atoms. The third kappa shape index (κ3) is 2.98. The second kappa shape index (κ2) is 2.61. The lowest BCUT2D eigenvalue weighted by atomic mass is 11.3. The van der Waals surface area contributed by atoms with Gasteiger partial charge < -0.3 is 9.47 Å². The molecule has 0 saturated carbocycles. The van der Waals surface area contributed by atoms with Crippen LogP contribution in [0, 0.1) is 0 Å². The van der Waals surface area contributed by atoms with Gasteiger partial charge in [0, 0.05) is 14.2 Å². The van der Waals surface area contributed by atoms with Gasteiger partial charge in [0.05, 0.1) is 20.5 Å². The Kier molecular flexibility index (Phi) is 2.74. The molecular formula is C3H12O2Si2. The Morgan fingerprint density at radius 1 is 1.14 bits per heavy atom. The van der Waals surface area contributed by atoms with Crippen LogP contribution in [-0.4, -0.2) is 39.7 Å². The van der Waals surface area contributed by atoms with Crippen LogP contribution in [-0.2, 0) is 9.47 Å². The quantitative estimate of drug-likeness (QED) is 0.312. The van der Waals surface area contributed by atoms with Crippen molar-refractivity contribution in [2.75, 3.05) is 14.2 Å². The van der Waals surface area contributed by atoms with Crippen LogP contribution in [0.3, 0.4) is 0 Å². The van der Waals surface area contributed by atoms with E-state index in [9.17, 15) is 0 Å². The maximum Gasteiger partial charge on any atom is 0.116 e. The molecule has 0 amide bonds. The van der Waals surface area contributed by atoms with Crippen molar-refractivity contribution in [3.8, 4) is 0 Å². The van der Waals surface area contributed by atoms with Gasteiger partial charge in [-0.05, 0) is 0 Å². The molecule has 0 fully saturated rings. The number of hydrogen-bond donors (Lipinski definition) is 0. The minimum absolute atomic E-state index is 0.139. The van der Waals surface area contributed by atoms with Crippen LogP contribution in [0.2, 0.25) is 0 Å². The fraction of sp³-hybridized carbons (Fsp3) is 1.00. The molecule has 0 aliphatic heterocycles. The summed E-state index contributed by atoms with van der Waals surface area (Å²) in [5, 5.41) is -0.139. The molecule has 0 aromatic rings. The fourth-order valence-electron chi connectivity index (χ4n) is 0.0833.